The van der Waals surface area contributed by atoms with E-state index in [2.05, 4.69) is 15.6 Å². The number of nitro benzene ring substituents is 1. The number of benzene rings is 2. The van der Waals surface area contributed by atoms with Crippen LogP contribution < -0.4 is 15.5 Å². The Morgan fingerprint density at radius 2 is 1.89 bits per heavy atom. The number of anilines is 2. The molecule has 2 heterocycles. The summed E-state index contributed by atoms with van der Waals surface area (Å²) in [6.45, 7) is 4.61. The van der Waals surface area contributed by atoms with Crippen molar-refractivity contribution in [1.82, 2.24) is 15.2 Å². The first-order chi connectivity index (χ1) is 17.2. The number of pyridine rings is 1. The first kappa shape index (κ1) is 25.0. The van der Waals surface area contributed by atoms with Crippen molar-refractivity contribution >= 4 is 34.0 Å². The number of urea groups is 1. The summed E-state index contributed by atoms with van der Waals surface area (Å²) in [6.07, 6.45) is -3.03. The van der Waals surface area contributed by atoms with Gasteiger partial charge in [-0.2, -0.15) is 13.2 Å². The van der Waals surface area contributed by atoms with Crippen molar-refractivity contribution in [2.75, 3.05) is 42.9 Å². The zero-order chi connectivity index (χ0) is 25.9. The molecule has 1 aliphatic heterocycles. The lowest BCUT2D eigenvalue weighted by Gasteiger charge is -2.36. The number of aromatic nitrogens is 1. The summed E-state index contributed by atoms with van der Waals surface area (Å²) in [5, 5.41) is 17.3. The quantitative estimate of drug-likeness (QED) is 0.377. The molecule has 36 heavy (non-hydrogen) atoms. The number of rotatable bonds is 6. The van der Waals surface area contributed by atoms with Crippen molar-refractivity contribution in [2.45, 2.75) is 19.6 Å². The van der Waals surface area contributed by atoms with E-state index in [1.54, 1.807) is 17.0 Å². The van der Waals surface area contributed by atoms with Crippen LogP contribution in [0.15, 0.2) is 48.7 Å². The molecule has 12 heteroatoms. The highest BCUT2D eigenvalue weighted by molar-refractivity contribution is 5.94. The van der Waals surface area contributed by atoms with Crippen molar-refractivity contribution < 1.29 is 22.9 Å². The van der Waals surface area contributed by atoms with E-state index in [0.29, 0.717) is 43.7 Å². The van der Waals surface area contributed by atoms with E-state index in [0.717, 1.165) is 17.8 Å². The fraction of sp³-hybridized carbons (Fsp3) is 0.333. The number of amides is 2. The van der Waals surface area contributed by atoms with Crippen LogP contribution in [0.4, 0.5) is 35.0 Å². The van der Waals surface area contributed by atoms with E-state index in [1.807, 2.05) is 11.8 Å². The van der Waals surface area contributed by atoms with Crippen LogP contribution in [-0.2, 0) is 12.7 Å². The Labute approximate surface area is 205 Å². The van der Waals surface area contributed by atoms with Crippen LogP contribution in [-0.4, -0.2) is 53.6 Å². The monoisotopic (exact) mass is 502 g/mol. The predicted octanol–water partition coefficient (Wildman–Crippen LogP) is 4.63. The zero-order valence-electron chi connectivity index (χ0n) is 19.5. The van der Waals surface area contributed by atoms with Gasteiger partial charge in [0.15, 0.2) is 0 Å². The average molecular weight is 502 g/mol. The molecule has 2 amide bonds. The summed E-state index contributed by atoms with van der Waals surface area (Å²) in [5.41, 5.74) is 0.750. The molecule has 0 bridgehead atoms. The maximum absolute atomic E-state index is 13.6. The molecule has 3 aromatic rings. The third-order valence-corrected chi connectivity index (χ3v) is 5.98. The summed E-state index contributed by atoms with van der Waals surface area (Å²) in [7, 11) is 0. The molecule has 2 N–H and O–H groups in total. The van der Waals surface area contributed by atoms with Gasteiger partial charge in [-0.3, -0.25) is 15.1 Å². The third-order valence-electron chi connectivity index (χ3n) is 5.98. The number of carbonyl (C=O) groups is 1. The molecule has 1 saturated heterocycles. The second-order valence-corrected chi connectivity index (χ2v) is 8.37. The number of nitro groups is 1. The summed E-state index contributed by atoms with van der Waals surface area (Å²) in [6, 6.07) is 9.60. The number of nitrogens with zero attached hydrogens (tertiary/aromatic N) is 4. The molecule has 0 unspecified atom stereocenters. The Hall–Kier alpha value is -4.09. The minimum atomic E-state index is -4.56. The Kier molecular flexibility index (Phi) is 7.13. The SMILES string of the molecule is CCNC(=O)N1CCN(c2cnc3cc(C(F)(F)F)cc(NCc4cccc([N+](=O)[O-])c4)c3c2)CC1. The Morgan fingerprint density at radius 3 is 2.56 bits per heavy atom. The van der Waals surface area contributed by atoms with E-state index >= 15 is 0 Å². The van der Waals surface area contributed by atoms with Crippen LogP contribution in [0, 0.1) is 10.1 Å². The van der Waals surface area contributed by atoms with Crippen molar-refractivity contribution in [3.05, 3.63) is 69.9 Å². The van der Waals surface area contributed by atoms with E-state index in [1.165, 1.54) is 24.4 Å². The molecule has 0 aliphatic carbocycles. The minimum absolute atomic E-state index is 0.0908. The number of non-ortho nitro benzene ring substituents is 1. The van der Waals surface area contributed by atoms with Crippen molar-refractivity contribution in [3.63, 3.8) is 0 Å². The van der Waals surface area contributed by atoms with E-state index in [4.69, 9.17) is 0 Å². The van der Waals surface area contributed by atoms with Gasteiger partial charge in [0, 0.05) is 62.5 Å². The Bertz CT molecular complexity index is 1280. The van der Waals surface area contributed by atoms with Crippen LogP contribution in [0.25, 0.3) is 10.9 Å². The van der Waals surface area contributed by atoms with Gasteiger partial charge in [-0.1, -0.05) is 12.1 Å². The standard InChI is InChI=1S/C24H25F3N6O3/c1-2-28-23(34)32-8-6-31(7-9-32)19-13-20-21(11-17(24(25,26)27)12-22(20)30-15-19)29-14-16-4-3-5-18(10-16)33(35)36/h3-5,10-13,15,29H,2,6-9,14H2,1H3,(H,28,34). The van der Waals surface area contributed by atoms with Crippen molar-refractivity contribution in [3.8, 4) is 0 Å². The van der Waals surface area contributed by atoms with Gasteiger partial charge in [-0.15, -0.1) is 0 Å². The van der Waals surface area contributed by atoms with Crippen LogP contribution in [0.1, 0.15) is 18.1 Å². The molecule has 1 fully saturated rings. The van der Waals surface area contributed by atoms with Gasteiger partial charge in [0.05, 0.1) is 27.9 Å². The second kappa shape index (κ2) is 10.3. The summed E-state index contributed by atoms with van der Waals surface area (Å²) in [4.78, 5) is 30.7. The van der Waals surface area contributed by atoms with Gasteiger partial charge in [0.2, 0.25) is 0 Å². The van der Waals surface area contributed by atoms with Crippen LogP contribution in [0.5, 0.6) is 0 Å². The van der Waals surface area contributed by atoms with Crippen molar-refractivity contribution in [2.24, 2.45) is 0 Å². The lowest BCUT2D eigenvalue weighted by atomic mass is 10.1. The predicted molar refractivity (Wildman–Crippen MR) is 130 cm³/mol. The Balaban J connectivity index is 1.62. The van der Waals surface area contributed by atoms with Gasteiger partial charge in [0.25, 0.3) is 5.69 Å². The Morgan fingerprint density at radius 1 is 1.14 bits per heavy atom. The molecular formula is C24H25F3N6O3. The van der Waals surface area contributed by atoms with Gasteiger partial charge in [-0.25, -0.2) is 4.79 Å². The fourth-order valence-corrected chi connectivity index (χ4v) is 4.11. The fourth-order valence-electron chi connectivity index (χ4n) is 4.11. The largest absolute Gasteiger partial charge is 0.416 e. The van der Waals surface area contributed by atoms with Gasteiger partial charge in [-0.05, 0) is 30.7 Å². The maximum Gasteiger partial charge on any atom is 0.416 e. The number of hydrogen-bond acceptors (Lipinski definition) is 6. The number of alkyl halides is 3. The third kappa shape index (κ3) is 5.58. The number of halogens is 3. The molecule has 0 saturated carbocycles. The van der Waals surface area contributed by atoms with Gasteiger partial charge >= 0.3 is 12.2 Å². The molecule has 0 spiro atoms. The lowest BCUT2D eigenvalue weighted by Crippen LogP contribution is -2.51. The molecule has 4 rings (SSSR count). The normalized spacial score (nSPS) is 14.1. The van der Waals surface area contributed by atoms with E-state index < -0.39 is 16.7 Å². The second-order valence-electron chi connectivity index (χ2n) is 8.37. The van der Waals surface area contributed by atoms with Crippen molar-refractivity contribution in [1.29, 1.82) is 0 Å². The lowest BCUT2D eigenvalue weighted by molar-refractivity contribution is -0.384. The molecule has 190 valence electrons. The molecule has 0 atom stereocenters. The number of fused-ring (bicyclic) bond motifs is 1. The van der Waals surface area contributed by atoms with Gasteiger partial charge in [0.1, 0.15) is 0 Å². The summed E-state index contributed by atoms with van der Waals surface area (Å²) >= 11 is 0. The first-order valence-corrected chi connectivity index (χ1v) is 11.4. The smallest absolute Gasteiger partial charge is 0.380 e. The number of carbonyl (C=O) groups excluding carboxylic acids is 1. The average Bonchev–Trinajstić information content (AvgIpc) is 2.86. The minimum Gasteiger partial charge on any atom is -0.380 e. The number of piperazine rings is 1. The number of nitrogens with one attached hydrogen (secondary N) is 2. The summed E-state index contributed by atoms with van der Waals surface area (Å²) in [5.74, 6) is 0. The zero-order valence-corrected chi connectivity index (χ0v) is 19.5. The van der Waals surface area contributed by atoms with E-state index in [9.17, 15) is 28.1 Å². The van der Waals surface area contributed by atoms with Crippen LogP contribution in [0.2, 0.25) is 0 Å². The molecule has 9 nitrogen and oxygen atoms in total. The molecular weight excluding hydrogens is 477 g/mol. The highest BCUT2D eigenvalue weighted by atomic mass is 19.4. The highest BCUT2D eigenvalue weighted by Gasteiger charge is 2.32. The topological polar surface area (TPSA) is 104 Å². The van der Waals surface area contributed by atoms with Gasteiger partial charge < -0.3 is 20.4 Å². The molecule has 2 aromatic carbocycles. The molecule has 1 aromatic heterocycles. The summed E-state index contributed by atoms with van der Waals surface area (Å²) < 4.78 is 40.7. The molecule has 0 radical (unpaired) electrons. The maximum atomic E-state index is 13.6. The number of hydrogen-bond donors (Lipinski definition) is 2. The van der Waals surface area contributed by atoms with E-state index in [-0.39, 0.29) is 29.5 Å². The highest BCUT2D eigenvalue weighted by Crippen LogP contribution is 2.36. The van der Waals surface area contributed by atoms with Crippen LogP contribution >= 0.6 is 0 Å². The first-order valence-electron chi connectivity index (χ1n) is 11.4. The van der Waals surface area contributed by atoms with Crippen LogP contribution in [0.3, 0.4) is 0 Å². The molecule has 1 aliphatic rings.